The predicted octanol–water partition coefficient (Wildman–Crippen LogP) is 7.35. The van der Waals surface area contributed by atoms with Gasteiger partial charge in [-0.1, -0.05) is 78.3 Å². The highest BCUT2D eigenvalue weighted by Gasteiger charge is 2.09. The lowest BCUT2D eigenvalue weighted by molar-refractivity contribution is 0.185. The van der Waals surface area contributed by atoms with Crippen molar-refractivity contribution in [2.75, 3.05) is 7.11 Å². The molecule has 0 spiro atoms. The van der Waals surface area contributed by atoms with E-state index in [0.717, 1.165) is 40.8 Å². The molecule has 4 aromatic rings. The Kier molecular flexibility index (Phi) is 7.01. The van der Waals surface area contributed by atoms with Crippen LogP contribution in [0.5, 0.6) is 0 Å². The monoisotopic (exact) mass is 432 g/mol. The van der Waals surface area contributed by atoms with E-state index in [1.807, 2.05) is 48.5 Å². The molecule has 4 rings (SSSR count). The lowest BCUT2D eigenvalue weighted by atomic mass is 9.97. The minimum absolute atomic E-state index is 0.105. The summed E-state index contributed by atoms with van der Waals surface area (Å²) in [6, 6.07) is 26.3. The van der Waals surface area contributed by atoms with Gasteiger partial charge in [-0.3, -0.25) is 0 Å². The van der Waals surface area contributed by atoms with Crippen molar-refractivity contribution in [3.05, 3.63) is 118 Å². The number of benzene rings is 4. The fraction of sp³-hybridized carbons (Fsp3) is 0.214. The van der Waals surface area contributed by atoms with Gasteiger partial charge < -0.3 is 4.74 Å². The number of aryl methyl sites for hydroxylation is 4. The van der Waals surface area contributed by atoms with E-state index in [1.165, 1.54) is 16.7 Å². The van der Waals surface area contributed by atoms with Crippen LogP contribution in [0.3, 0.4) is 0 Å². The van der Waals surface area contributed by atoms with E-state index in [0.29, 0.717) is 18.4 Å². The Balaban J connectivity index is 1.43. The van der Waals surface area contributed by atoms with Crippen LogP contribution >= 0.6 is 11.6 Å². The Bertz CT molecular complexity index is 1150. The molecule has 0 heterocycles. The smallest absolute Gasteiger partial charge is 0.134 e. The minimum atomic E-state index is -0.105. The molecule has 0 aromatic heterocycles. The summed E-state index contributed by atoms with van der Waals surface area (Å²) in [7, 11) is 1.71. The molecule has 0 amide bonds. The van der Waals surface area contributed by atoms with E-state index in [1.54, 1.807) is 7.11 Å². The van der Waals surface area contributed by atoms with Crippen LogP contribution < -0.4 is 0 Å². The van der Waals surface area contributed by atoms with Crippen LogP contribution in [-0.4, -0.2) is 7.11 Å². The number of hydrogen-bond acceptors (Lipinski definition) is 1. The molecule has 0 unspecified atom stereocenters. The molecule has 0 aliphatic carbocycles. The van der Waals surface area contributed by atoms with Gasteiger partial charge in [-0.05, 0) is 71.0 Å². The third-order valence-corrected chi connectivity index (χ3v) is 5.98. The Morgan fingerprint density at radius 2 is 1.26 bits per heavy atom. The number of hydrogen-bond donors (Lipinski definition) is 0. The molecule has 1 nitrogen and oxygen atoms in total. The normalized spacial score (nSPS) is 11.2. The van der Waals surface area contributed by atoms with Crippen LogP contribution in [0, 0.1) is 5.82 Å². The zero-order chi connectivity index (χ0) is 21.6. The molecule has 0 radical (unpaired) electrons. The highest BCUT2D eigenvalue weighted by molar-refractivity contribution is 6.30. The van der Waals surface area contributed by atoms with Crippen LogP contribution in [0.2, 0.25) is 5.02 Å². The summed E-state index contributed by atoms with van der Waals surface area (Å²) in [5.74, 6) is -0.105. The lowest BCUT2D eigenvalue weighted by Gasteiger charge is -2.09. The van der Waals surface area contributed by atoms with Crippen LogP contribution in [-0.2, 0) is 37.0 Å². The predicted molar refractivity (Wildman–Crippen MR) is 127 cm³/mol. The average Bonchev–Trinajstić information content (AvgIpc) is 2.79. The Morgan fingerprint density at radius 3 is 1.97 bits per heavy atom. The second-order valence-corrected chi connectivity index (χ2v) is 8.41. The first-order valence-corrected chi connectivity index (χ1v) is 11.0. The highest BCUT2D eigenvalue weighted by atomic mass is 35.5. The first-order chi connectivity index (χ1) is 15.1. The second kappa shape index (κ2) is 10.1. The van der Waals surface area contributed by atoms with Crippen LogP contribution in [0.4, 0.5) is 4.39 Å². The molecule has 0 N–H and O–H groups in total. The molecular weight excluding hydrogens is 407 g/mol. The van der Waals surface area contributed by atoms with Gasteiger partial charge in [0.25, 0.3) is 0 Å². The largest absolute Gasteiger partial charge is 0.380 e. The van der Waals surface area contributed by atoms with E-state index in [-0.39, 0.29) is 5.82 Å². The first kappa shape index (κ1) is 21.5. The Hall–Kier alpha value is -2.68. The third kappa shape index (κ3) is 5.52. The number of methoxy groups -OCH3 is 1. The fourth-order valence-electron chi connectivity index (χ4n) is 3.92. The summed E-state index contributed by atoms with van der Waals surface area (Å²) in [5, 5.41) is 2.38. The summed E-state index contributed by atoms with van der Waals surface area (Å²) in [5.41, 5.74) is 5.62. The molecule has 158 valence electrons. The van der Waals surface area contributed by atoms with Crippen molar-refractivity contribution in [1.29, 1.82) is 0 Å². The molecule has 0 aliphatic rings. The van der Waals surface area contributed by atoms with Crippen LogP contribution in [0.25, 0.3) is 10.8 Å². The SMILES string of the molecule is COCc1ccc(CCc2ccc3c(F)c(CCc4ccc(Cl)cc4)ccc3c2)cc1. The fourth-order valence-corrected chi connectivity index (χ4v) is 4.05. The van der Waals surface area contributed by atoms with Gasteiger partial charge in [0.2, 0.25) is 0 Å². The van der Waals surface area contributed by atoms with Gasteiger partial charge in [0.1, 0.15) is 5.82 Å². The van der Waals surface area contributed by atoms with E-state index in [9.17, 15) is 0 Å². The maximum Gasteiger partial charge on any atom is 0.134 e. The average molecular weight is 433 g/mol. The molecule has 0 fully saturated rings. The molecule has 0 atom stereocenters. The van der Waals surface area contributed by atoms with Gasteiger partial charge in [-0.25, -0.2) is 4.39 Å². The topological polar surface area (TPSA) is 9.23 Å². The maximum atomic E-state index is 15.1. The zero-order valence-electron chi connectivity index (χ0n) is 17.7. The van der Waals surface area contributed by atoms with Crippen molar-refractivity contribution in [2.45, 2.75) is 32.3 Å². The van der Waals surface area contributed by atoms with Crippen LogP contribution in [0.15, 0.2) is 78.9 Å². The summed E-state index contributed by atoms with van der Waals surface area (Å²) >= 11 is 5.94. The van der Waals surface area contributed by atoms with Gasteiger partial charge in [-0.15, -0.1) is 0 Å². The number of halogens is 2. The zero-order valence-corrected chi connectivity index (χ0v) is 18.5. The van der Waals surface area contributed by atoms with Crippen molar-refractivity contribution in [1.82, 2.24) is 0 Å². The standard InChI is InChI=1S/C28H26ClFO/c1-31-19-23-6-3-20(4-7-23)2-5-22-11-17-27-25(18-22)14-13-24(28(27)30)12-8-21-9-15-26(29)16-10-21/h3-4,6-7,9-11,13-18H,2,5,8,12,19H2,1H3. The van der Waals surface area contributed by atoms with E-state index in [4.69, 9.17) is 16.3 Å². The van der Waals surface area contributed by atoms with Gasteiger partial charge in [-0.2, -0.15) is 0 Å². The molecule has 0 bridgehead atoms. The van der Waals surface area contributed by atoms with Crippen molar-refractivity contribution in [2.24, 2.45) is 0 Å². The molecule has 31 heavy (non-hydrogen) atoms. The summed E-state index contributed by atoms with van der Waals surface area (Å²) in [6.45, 7) is 0.637. The Labute approximate surface area is 188 Å². The second-order valence-electron chi connectivity index (χ2n) is 7.97. The van der Waals surface area contributed by atoms with Gasteiger partial charge in [0.15, 0.2) is 0 Å². The van der Waals surface area contributed by atoms with E-state index >= 15 is 4.39 Å². The van der Waals surface area contributed by atoms with Gasteiger partial charge in [0, 0.05) is 17.5 Å². The van der Waals surface area contributed by atoms with Crippen molar-refractivity contribution in [3.63, 3.8) is 0 Å². The Morgan fingerprint density at radius 1 is 0.677 bits per heavy atom. The molecule has 4 aromatic carbocycles. The van der Waals surface area contributed by atoms with Crippen LogP contribution in [0.1, 0.15) is 27.8 Å². The third-order valence-electron chi connectivity index (χ3n) is 5.73. The molecule has 0 saturated carbocycles. The summed E-state index contributed by atoms with van der Waals surface area (Å²) < 4.78 is 20.3. The van der Waals surface area contributed by atoms with Gasteiger partial charge >= 0.3 is 0 Å². The first-order valence-electron chi connectivity index (χ1n) is 10.6. The summed E-state index contributed by atoms with van der Waals surface area (Å²) in [6.07, 6.45) is 3.35. The highest BCUT2D eigenvalue weighted by Crippen LogP contribution is 2.24. The molecule has 0 saturated heterocycles. The quantitative estimate of drug-likeness (QED) is 0.283. The summed E-state index contributed by atoms with van der Waals surface area (Å²) in [4.78, 5) is 0. The van der Waals surface area contributed by atoms with Crippen molar-refractivity contribution >= 4 is 22.4 Å². The lowest BCUT2D eigenvalue weighted by Crippen LogP contribution is -1.97. The molecular formula is C28H26ClFO. The van der Waals surface area contributed by atoms with Crippen molar-refractivity contribution in [3.8, 4) is 0 Å². The van der Waals surface area contributed by atoms with Crippen molar-refractivity contribution < 1.29 is 9.13 Å². The van der Waals surface area contributed by atoms with E-state index < -0.39 is 0 Å². The minimum Gasteiger partial charge on any atom is -0.380 e. The maximum absolute atomic E-state index is 15.1. The van der Waals surface area contributed by atoms with Gasteiger partial charge in [0.05, 0.1) is 6.61 Å². The number of ether oxygens (including phenoxy) is 1. The molecule has 3 heteroatoms. The number of rotatable bonds is 8. The van der Waals surface area contributed by atoms with E-state index in [2.05, 4.69) is 30.3 Å². The molecule has 0 aliphatic heterocycles. The number of fused-ring (bicyclic) bond motifs is 1.